The summed E-state index contributed by atoms with van der Waals surface area (Å²) >= 11 is 0. The van der Waals surface area contributed by atoms with Gasteiger partial charge in [0, 0.05) is 19.1 Å². The Morgan fingerprint density at radius 2 is 2.00 bits per heavy atom. The molecule has 0 radical (unpaired) electrons. The molecule has 17 heavy (non-hydrogen) atoms. The number of nitrogens with one attached hydrogen (secondary N) is 1. The van der Waals surface area contributed by atoms with E-state index in [2.05, 4.69) is 17.4 Å². The quantitative estimate of drug-likeness (QED) is 0.576. The van der Waals surface area contributed by atoms with Crippen molar-refractivity contribution >= 4 is 0 Å². The van der Waals surface area contributed by atoms with Gasteiger partial charge in [0.15, 0.2) is 0 Å². The number of rotatable bonds is 8. The summed E-state index contributed by atoms with van der Waals surface area (Å²) in [7, 11) is 0. The van der Waals surface area contributed by atoms with Gasteiger partial charge in [0.05, 0.1) is 6.61 Å². The van der Waals surface area contributed by atoms with Gasteiger partial charge in [-0.15, -0.1) is 0 Å². The molecule has 0 aromatic heterocycles. The minimum Gasteiger partial charge on any atom is -0.494 e. The van der Waals surface area contributed by atoms with E-state index in [1.807, 2.05) is 19.1 Å². The molecule has 4 nitrogen and oxygen atoms in total. The second-order valence-corrected chi connectivity index (χ2v) is 4.03. The summed E-state index contributed by atoms with van der Waals surface area (Å²) in [5.74, 6) is 0.925. The van der Waals surface area contributed by atoms with E-state index in [0.29, 0.717) is 13.2 Å². The topological polar surface area (TPSA) is 73.3 Å². The van der Waals surface area contributed by atoms with Gasteiger partial charge in [0.2, 0.25) is 0 Å². The molecule has 0 heterocycles. The normalized spacial score (nSPS) is 12.4. The maximum Gasteiger partial charge on any atom is 0.119 e. The zero-order valence-electron chi connectivity index (χ0n) is 10.5. The van der Waals surface area contributed by atoms with Crippen LogP contribution < -0.4 is 21.5 Å². The number of hydrogen-bond acceptors (Lipinski definition) is 4. The average Bonchev–Trinajstić information content (AvgIpc) is 2.36. The highest BCUT2D eigenvalue weighted by Gasteiger charge is 1.98. The molecule has 0 amide bonds. The number of ether oxygens (including phenoxy) is 1. The van der Waals surface area contributed by atoms with Gasteiger partial charge >= 0.3 is 0 Å². The van der Waals surface area contributed by atoms with Crippen LogP contribution in [-0.4, -0.2) is 32.3 Å². The van der Waals surface area contributed by atoms with Gasteiger partial charge in [-0.2, -0.15) is 0 Å². The van der Waals surface area contributed by atoms with Crippen molar-refractivity contribution in [2.45, 2.75) is 19.4 Å². The third-order valence-electron chi connectivity index (χ3n) is 2.53. The van der Waals surface area contributed by atoms with Crippen LogP contribution in [0.2, 0.25) is 0 Å². The molecule has 1 aromatic rings. The molecule has 0 aliphatic carbocycles. The third-order valence-corrected chi connectivity index (χ3v) is 2.53. The summed E-state index contributed by atoms with van der Waals surface area (Å²) < 4.78 is 5.39. The van der Waals surface area contributed by atoms with Crippen LogP contribution in [0.3, 0.4) is 0 Å². The van der Waals surface area contributed by atoms with E-state index in [9.17, 15) is 0 Å². The molecule has 1 atom stereocenters. The second-order valence-electron chi connectivity index (χ2n) is 4.03. The van der Waals surface area contributed by atoms with Crippen molar-refractivity contribution in [2.24, 2.45) is 11.5 Å². The summed E-state index contributed by atoms with van der Waals surface area (Å²) in [6.07, 6.45) is 0.990. The van der Waals surface area contributed by atoms with Gasteiger partial charge in [-0.1, -0.05) is 12.1 Å². The van der Waals surface area contributed by atoms with Gasteiger partial charge in [-0.3, -0.25) is 0 Å². The Morgan fingerprint density at radius 3 is 2.59 bits per heavy atom. The molecule has 0 saturated carbocycles. The molecule has 0 fully saturated rings. The number of hydrogen-bond donors (Lipinski definition) is 3. The second kappa shape index (κ2) is 8.06. The molecular formula is C13H23N3O. The van der Waals surface area contributed by atoms with Gasteiger partial charge < -0.3 is 21.5 Å². The van der Waals surface area contributed by atoms with Gasteiger partial charge in [-0.05, 0) is 37.6 Å². The number of benzene rings is 1. The predicted octanol–water partition coefficient (Wildman–Crippen LogP) is 0.503. The summed E-state index contributed by atoms with van der Waals surface area (Å²) in [5.41, 5.74) is 12.4. The van der Waals surface area contributed by atoms with Crippen molar-refractivity contribution < 1.29 is 4.74 Å². The monoisotopic (exact) mass is 237 g/mol. The van der Waals surface area contributed by atoms with E-state index in [-0.39, 0.29) is 6.04 Å². The zero-order valence-corrected chi connectivity index (χ0v) is 10.5. The Labute approximate surface area is 103 Å². The summed E-state index contributed by atoms with van der Waals surface area (Å²) in [6.45, 7) is 4.90. The molecule has 0 aliphatic heterocycles. The molecule has 1 unspecified atom stereocenters. The standard InChI is InChI=1S/C13H23N3O/c1-2-17-13-5-3-11(4-6-13)7-8-16-10-12(15)9-14/h3-6,12,16H,2,7-10,14-15H2,1H3. The van der Waals surface area contributed by atoms with E-state index < -0.39 is 0 Å². The maximum absolute atomic E-state index is 5.70. The van der Waals surface area contributed by atoms with Crippen LogP contribution in [0.1, 0.15) is 12.5 Å². The highest BCUT2D eigenvalue weighted by molar-refractivity contribution is 5.27. The van der Waals surface area contributed by atoms with Gasteiger partial charge in [-0.25, -0.2) is 0 Å². The van der Waals surface area contributed by atoms with E-state index in [1.54, 1.807) is 0 Å². The summed E-state index contributed by atoms with van der Waals surface area (Å²) in [5, 5.41) is 3.29. The molecule has 1 aromatic carbocycles. The Kier molecular flexibility index (Phi) is 6.62. The van der Waals surface area contributed by atoms with Crippen molar-refractivity contribution in [3.8, 4) is 5.75 Å². The van der Waals surface area contributed by atoms with E-state index in [4.69, 9.17) is 16.2 Å². The zero-order chi connectivity index (χ0) is 12.5. The molecule has 0 bridgehead atoms. The van der Waals surface area contributed by atoms with Crippen LogP contribution in [-0.2, 0) is 6.42 Å². The van der Waals surface area contributed by atoms with Crippen molar-refractivity contribution in [1.29, 1.82) is 0 Å². The molecule has 5 N–H and O–H groups in total. The van der Waals surface area contributed by atoms with Crippen molar-refractivity contribution in [1.82, 2.24) is 5.32 Å². The Morgan fingerprint density at radius 1 is 1.29 bits per heavy atom. The minimum absolute atomic E-state index is 0.0512. The molecule has 4 heteroatoms. The van der Waals surface area contributed by atoms with Crippen LogP contribution in [0.15, 0.2) is 24.3 Å². The summed E-state index contributed by atoms with van der Waals surface area (Å²) in [4.78, 5) is 0. The Bertz CT molecular complexity index is 300. The lowest BCUT2D eigenvalue weighted by atomic mass is 10.1. The molecular weight excluding hydrogens is 214 g/mol. The first kappa shape index (κ1) is 14.0. The first-order valence-corrected chi connectivity index (χ1v) is 6.14. The fourth-order valence-electron chi connectivity index (χ4n) is 1.52. The van der Waals surface area contributed by atoms with Crippen LogP contribution in [0.4, 0.5) is 0 Å². The van der Waals surface area contributed by atoms with Crippen LogP contribution in [0.5, 0.6) is 5.75 Å². The van der Waals surface area contributed by atoms with Crippen LogP contribution in [0, 0.1) is 0 Å². The minimum atomic E-state index is 0.0512. The van der Waals surface area contributed by atoms with Crippen molar-refractivity contribution in [3.63, 3.8) is 0 Å². The fourth-order valence-corrected chi connectivity index (χ4v) is 1.52. The first-order valence-electron chi connectivity index (χ1n) is 6.14. The first-order chi connectivity index (χ1) is 8.26. The van der Waals surface area contributed by atoms with Crippen LogP contribution in [0.25, 0.3) is 0 Å². The molecule has 1 rings (SSSR count). The fraction of sp³-hybridized carbons (Fsp3) is 0.538. The highest BCUT2D eigenvalue weighted by atomic mass is 16.5. The molecule has 0 saturated heterocycles. The van der Waals surface area contributed by atoms with Crippen molar-refractivity contribution in [2.75, 3.05) is 26.2 Å². The van der Waals surface area contributed by atoms with Crippen LogP contribution >= 0.6 is 0 Å². The lowest BCUT2D eigenvalue weighted by molar-refractivity contribution is 0.340. The summed E-state index contributed by atoms with van der Waals surface area (Å²) in [6, 6.07) is 8.25. The predicted molar refractivity (Wildman–Crippen MR) is 71.2 cm³/mol. The smallest absolute Gasteiger partial charge is 0.119 e. The van der Waals surface area contributed by atoms with Crippen molar-refractivity contribution in [3.05, 3.63) is 29.8 Å². The average molecular weight is 237 g/mol. The third kappa shape index (κ3) is 5.68. The van der Waals surface area contributed by atoms with E-state index >= 15 is 0 Å². The largest absolute Gasteiger partial charge is 0.494 e. The van der Waals surface area contributed by atoms with Gasteiger partial charge in [0.25, 0.3) is 0 Å². The molecule has 0 spiro atoms. The Balaban J connectivity index is 2.23. The van der Waals surface area contributed by atoms with E-state index in [0.717, 1.165) is 25.3 Å². The maximum atomic E-state index is 5.70. The highest BCUT2D eigenvalue weighted by Crippen LogP contribution is 2.12. The lowest BCUT2D eigenvalue weighted by Gasteiger charge is -2.10. The SMILES string of the molecule is CCOc1ccc(CCNCC(N)CN)cc1. The molecule has 0 aliphatic rings. The van der Waals surface area contributed by atoms with Gasteiger partial charge in [0.1, 0.15) is 5.75 Å². The van der Waals surface area contributed by atoms with E-state index in [1.165, 1.54) is 5.56 Å². The molecule has 96 valence electrons. The Hall–Kier alpha value is -1.10. The number of nitrogens with two attached hydrogens (primary N) is 2. The lowest BCUT2D eigenvalue weighted by Crippen LogP contribution is -2.40.